The minimum Gasteiger partial charge on any atom is -0.480 e. The largest absolute Gasteiger partial charge is 0.480 e. The number of halogens is 1. The number of aliphatic carboxylic acids is 2. The van der Waals surface area contributed by atoms with Crippen LogP contribution in [0.5, 0.6) is 0 Å². The normalized spacial score (nSPS) is 11.3. The lowest BCUT2D eigenvalue weighted by Gasteiger charge is -2.19. The predicted octanol–water partition coefficient (Wildman–Crippen LogP) is 4.09. The van der Waals surface area contributed by atoms with E-state index in [4.69, 9.17) is 16.7 Å². The fourth-order valence-electron chi connectivity index (χ4n) is 3.70. The van der Waals surface area contributed by atoms with Crippen molar-refractivity contribution in [2.45, 2.75) is 19.0 Å². The highest BCUT2D eigenvalue weighted by molar-refractivity contribution is 6.33. The van der Waals surface area contributed by atoms with Crippen molar-refractivity contribution in [1.29, 1.82) is 0 Å². The molecule has 0 aliphatic heterocycles. The van der Waals surface area contributed by atoms with Gasteiger partial charge in [-0.05, 0) is 40.5 Å². The molecule has 3 N–H and O–H groups in total. The molecule has 0 aliphatic rings. The molecule has 0 bridgehead atoms. The Hall–Kier alpha value is -4.37. The van der Waals surface area contributed by atoms with Crippen molar-refractivity contribution < 1.29 is 34.1 Å². The minimum atomic E-state index is -1.17. The van der Waals surface area contributed by atoms with Gasteiger partial charge in [-0.25, -0.2) is 9.59 Å². The van der Waals surface area contributed by atoms with Crippen LogP contribution in [0.4, 0.5) is 4.79 Å². The molecule has 1 atom stereocenters. The van der Waals surface area contributed by atoms with Crippen molar-refractivity contribution in [2.24, 2.45) is 0 Å². The van der Waals surface area contributed by atoms with E-state index in [-0.39, 0.29) is 23.6 Å². The summed E-state index contributed by atoms with van der Waals surface area (Å²) in [7, 11) is 1.19. The van der Waals surface area contributed by atoms with E-state index < -0.39 is 36.5 Å². The van der Waals surface area contributed by atoms with Crippen molar-refractivity contribution in [2.75, 3.05) is 13.7 Å². The first-order valence-corrected chi connectivity index (χ1v) is 11.6. The van der Waals surface area contributed by atoms with Gasteiger partial charge in [-0.15, -0.1) is 0 Å². The summed E-state index contributed by atoms with van der Waals surface area (Å²) in [4.78, 5) is 48.4. The first-order valence-electron chi connectivity index (χ1n) is 11.2. The van der Waals surface area contributed by atoms with Crippen molar-refractivity contribution >= 4 is 35.5 Å². The van der Waals surface area contributed by atoms with Gasteiger partial charge in [0.2, 0.25) is 0 Å². The molecule has 192 valence electrons. The predicted molar refractivity (Wildman–Crippen MR) is 136 cm³/mol. The van der Waals surface area contributed by atoms with E-state index in [0.717, 1.165) is 16.0 Å². The van der Waals surface area contributed by atoms with Crippen LogP contribution in [-0.2, 0) is 27.3 Å². The Morgan fingerprint density at radius 1 is 0.919 bits per heavy atom. The maximum atomic E-state index is 12.5. The van der Waals surface area contributed by atoms with Crippen LogP contribution in [0.1, 0.15) is 21.5 Å². The van der Waals surface area contributed by atoms with Crippen LogP contribution in [0.3, 0.4) is 0 Å². The second-order valence-electron chi connectivity index (χ2n) is 8.17. The van der Waals surface area contributed by atoms with Crippen LogP contribution >= 0.6 is 11.6 Å². The summed E-state index contributed by atoms with van der Waals surface area (Å²) >= 11 is 6.04. The standard InChI is InChI=1S/C27H25ClN2O7/c1-37-27(36)30(16-24(31)32)15-18-5-4-6-20(13-18)19-11-9-17(10-12-19)14-23(26(34)35)29-25(33)21-7-2-3-8-22(21)28/h2-13,23H,14-16H2,1H3,(H,29,33)(H,31,32)(H,34,35)/t23-/m0/s1. The third-order valence-corrected chi connectivity index (χ3v) is 5.84. The van der Waals surface area contributed by atoms with Crippen LogP contribution in [-0.4, -0.2) is 58.7 Å². The minimum absolute atomic E-state index is 0.0519. The zero-order valence-corrected chi connectivity index (χ0v) is 20.6. The second kappa shape index (κ2) is 12.5. The summed E-state index contributed by atoms with van der Waals surface area (Å²) in [6.45, 7) is -0.445. The van der Waals surface area contributed by atoms with E-state index in [9.17, 15) is 24.3 Å². The molecule has 0 saturated heterocycles. The number of carboxylic acids is 2. The molecule has 0 saturated carbocycles. The van der Waals surface area contributed by atoms with Gasteiger partial charge in [-0.2, -0.15) is 0 Å². The Morgan fingerprint density at radius 2 is 1.62 bits per heavy atom. The Morgan fingerprint density at radius 3 is 2.24 bits per heavy atom. The molecule has 0 unspecified atom stereocenters. The van der Waals surface area contributed by atoms with Crippen LogP contribution in [0.2, 0.25) is 5.02 Å². The topological polar surface area (TPSA) is 133 Å². The second-order valence-corrected chi connectivity index (χ2v) is 8.57. The highest BCUT2D eigenvalue weighted by Crippen LogP contribution is 2.23. The number of carbonyl (C=O) groups excluding carboxylic acids is 2. The molecular weight excluding hydrogens is 500 g/mol. The lowest BCUT2D eigenvalue weighted by Crippen LogP contribution is -2.42. The van der Waals surface area contributed by atoms with Crippen LogP contribution in [0.25, 0.3) is 11.1 Å². The highest BCUT2D eigenvalue weighted by Gasteiger charge is 2.22. The van der Waals surface area contributed by atoms with Gasteiger partial charge in [0.15, 0.2) is 0 Å². The van der Waals surface area contributed by atoms with Gasteiger partial charge in [0.1, 0.15) is 12.6 Å². The number of benzene rings is 3. The van der Waals surface area contributed by atoms with Crippen LogP contribution < -0.4 is 5.32 Å². The molecule has 2 amide bonds. The van der Waals surface area contributed by atoms with Gasteiger partial charge < -0.3 is 20.3 Å². The molecule has 0 aliphatic carbocycles. The summed E-state index contributed by atoms with van der Waals surface area (Å²) in [5.74, 6) is -2.90. The number of amides is 2. The Balaban J connectivity index is 1.72. The zero-order chi connectivity index (χ0) is 26.9. The van der Waals surface area contributed by atoms with Crippen LogP contribution in [0.15, 0.2) is 72.8 Å². The summed E-state index contributed by atoms with van der Waals surface area (Å²) in [5, 5.41) is 21.4. The molecule has 10 heteroatoms. The molecule has 0 aromatic heterocycles. The molecule has 3 aromatic rings. The third-order valence-electron chi connectivity index (χ3n) is 5.51. The van der Waals surface area contributed by atoms with Gasteiger partial charge >= 0.3 is 18.0 Å². The van der Waals surface area contributed by atoms with Gasteiger partial charge in [0, 0.05) is 13.0 Å². The van der Waals surface area contributed by atoms with Crippen molar-refractivity contribution in [1.82, 2.24) is 10.2 Å². The SMILES string of the molecule is COC(=O)N(CC(=O)O)Cc1cccc(-c2ccc(C[C@H](NC(=O)c3ccccc3Cl)C(=O)O)cc2)c1. The Labute approximate surface area is 218 Å². The maximum Gasteiger partial charge on any atom is 0.410 e. The van der Waals surface area contributed by atoms with Gasteiger partial charge in [-0.3, -0.25) is 14.5 Å². The number of nitrogens with zero attached hydrogens (tertiary/aromatic N) is 1. The molecule has 3 rings (SSSR count). The average Bonchev–Trinajstić information content (AvgIpc) is 2.88. The molecule has 0 radical (unpaired) electrons. The highest BCUT2D eigenvalue weighted by atomic mass is 35.5. The molecule has 9 nitrogen and oxygen atoms in total. The number of methoxy groups -OCH3 is 1. The maximum absolute atomic E-state index is 12.5. The fourth-order valence-corrected chi connectivity index (χ4v) is 3.92. The number of carboxylic acid groups (broad SMARTS) is 2. The monoisotopic (exact) mass is 524 g/mol. The molecule has 37 heavy (non-hydrogen) atoms. The number of ether oxygens (including phenoxy) is 1. The summed E-state index contributed by atoms with van der Waals surface area (Å²) in [5.41, 5.74) is 3.26. The van der Waals surface area contributed by atoms with E-state index in [1.54, 1.807) is 42.5 Å². The summed E-state index contributed by atoms with van der Waals surface area (Å²) in [6.07, 6.45) is -0.679. The van der Waals surface area contributed by atoms with Gasteiger partial charge in [-0.1, -0.05) is 66.2 Å². The van der Waals surface area contributed by atoms with Gasteiger partial charge in [0.25, 0.3) is 5.91 Å². The number of nitrogens with one attached hydrogen (secondary N) is 1. The fraction of sp³-hybridized carbons (Fsp3) is 0.185. The lowest BCUT2D eigenvalue weighted by atomic mass is 9.99. The number of hydrogen-bond acceptors (Lipinski definition) is 5. The molecule has 0 fully saturated rings. The van der Waals surface area contributed by atoms with E-state index in [0.29, 0.717) is 11.1 Å². The summed E-state index contributed by atoms with van der Waals surface area (Å²) < 4.78 is 4.67. The van der Waals surface area contributed by atoms with Crippen molar-refractivity contribution in [3.8, 4) is 11.1 Å². The van der Waals surface area contributed by atoms with E-state index in [1.807, 2.05) is 24.3 Å². The number of hydrogen-bond donors (Lipinski definition) is 3. The van der Waals surface area contributed by atoms with Crippen molar-refractivity contribution in [3.05, 3.63) is 94.5 Å². The lowest BCUT2D eigenvalue weighted by molar-refractivity contribution is -0.139. The Bertz CT molecular complexity index is 1290. The van der Waals surface area contributed by atoms with Crippen molar-refractivity contribution in [3.63, 3.8) is 0 Å². The molecule has 3 aromatic carbocycles. The summed E-state index contributed by atoms with van der Waals surface area (Å²) in [6, 6.07) is 19.7. The first kappa shape index (κ1) is 27.2. The third kappa shape index (κ3) is 7.55. The first-order chi connectivity index (χ1) is 17.7. The number of rotatable bonds is 10. The smallest absolute Gasteiger partial charge is 0.410 e. The van der Waals surface area contributed by atoms with Crippen LogP contribution in [0, 0.1) is 0 Å². The van der Waals surface area contributed by atoms with Gasteiger partial charge in [0.05, 0.1) is 17.7 Å². The Kier molecular flexibility index (Phi) is 9.23. The average molecular weight is 525 g/mol. The molecule has 0 heterocycles. The van der Waals surface area contributed by atoms with E-state index in [1.165, 1.54) is 13.2 Å². The van der Waals surface area contributed by atoms with E-state index >= 15 is 0 Å². The molecule has 0 spiro atoms. The number of carbonyl (C=O) groups is 4. The molecular formula is C27H25ClN2O7. The zero-order valence-electron chi connectivity index (χ0n) is 19.9. The van der Waals surface area contributed by atoms with E-state index in [2.05, 4.69) is 10.1 Å². The quantitative estimate of drug-likeness (QED) is 0.364.